The van der Waals surface area contributed by atoms with E-state index in [0.717, 1.165) is 6.42 Å². The average molecular weight is 381 g/mol. The van der Waals surface area contributed by atoms with Crippen LogP contribution in [0.15, 0.2) is 18.2 Å². The normalized spacial score (nSPS) is 16.8. The van der Waals surface area contributed by atoms with Crippen molar-refractivity contribution in [1.82, 2.24) is 15.5 Å². The number of nitrogens with one attached hydrogen (secondary N) is 2. The van der Waals surface area contributed by atoms with Crippen molar-refractivity contribution in [2.75, 3.05) is 26.7 Å². The van der Waals surface area contributed by atoms with Gasteiger partial charge in [0.2, 0.25) is 5.91 Å². The predicted molar refractivity (Wildman–Crippen MR) is 94.7 cm³/mol. The second kappa shape index (κ2) is 9.33. The van der Waals surface area contributed by atoms with E-state index >= 15 is 0 Å². The molecule has 1 saturated heterocycles. The van der Waals surface area contributed by atoms with Gasteiger partial charge in [0.25, 0.3) is 5.91 Å². The van der Waals surface area contributed by atoms with Crippen LogP contribution in [0.5, 0.6) is 0 Å². The van der Waals surface area contributed by atoms with E-state index in [9.17, 15) is 9.59 Å². The lowest BCUT2D eigenvalue weighted by Crippen LogP contribution is -2.47. The molecule has 1 fully saturated rings. The Bertz CT molecular complexity index is 569. The van der Waals surface area contributed by atoms with Gasteiger partial charge in [-0.3, -0.25) is 9.59 Å². The Kier molecular flexibility index (Phi) is 8.12. The van der Waals surface area contributed by atoms with Crippen molar-refractivity contribution in [3.05, 3.63) is 33.8 Å². The van der Waals surface area contributed by atoms with Gasteiger partial charge in [-0.15, -0.1) is 12.4 Å². The summed E-state index contributed by atoms with van der Waals surface area (Å²) in [5.74, 6) is -0.300. The molecule has 2 rings (SSSR count). The van der Waals surface area contributed by atoms with Crippen molar-refractivity contribution in [1.29, 1.82) is 0 Å². The summed E-state index contributed by atoms with van der Waals surface area (Å²) in [6.07, 6.45) is 1.50. The minimum Gasteiger partial charge on any atom is -0.353 e. The fourth-order valence-electron chi connectivity index (χ4n) is 2.51. The van der Waals surface area contributed by atoms with Gasteiger partial charge in [0.05, 0.1) is 10.0 Å². The van der Waals surface area contributed by atoms with E-state index in [1.54, 1.807) is 23.1 Å². The fourth-order valence-corrected chi connectivity index (χ4v) is 2.80. The first-order valence-electron chi connectivity index (χ1n) is 7.23. The van der Waals surface area contributed by atoms with Gasteiger partial charge in [0, 0.05) is 25.2 Å². The van der Waals surface area contributed by atoms with Gasteiger partial charge in [-0.1, -0.05) is 23.2 Å². The van der Waals surface area contributed by atoms with Crippen LogP contribution in [0.25, 0.3) is 0 Å². The maximum absolute atomic E-state index is 12.6. The van der Waals surface area contributed by atoms with Crippen LogP contribution in [-0.2, 0) is 4.79 Å². The van der Waals surface area contributed by atoms with Crippen LogP contribution in [0, 0.1) is 0 Å². The Morgan fingerprint density at radius 2 is 2.00 bits per heavy atom. The Morgan fingerprint density at radius 3 is 2.65 bits per heavy atom. The molecule has 128 valence electrons. The lowest BCUT2D eigenvalue weighted by molar-refractivity contribution is -0.124. The smallest absolute Gasteiger partial charge is 0.254 e. The molecule has 0 spiro atoms. The third-order valence-corrected chi connectivity index (χ3v) is 4.40. The summed E-state index contributed by atoms with van der Waals surface area (Å²) >= 11 is 11.8. The zero-order valence-corrected chi connectivity index (χ0v) is 15.1. The third kappa shape index (κ3) is 4.98. The maximum atomic E-state index is 12.6. The Labute approximate surface area is 152 Å². The number of amides is 2. The number of hydrogen-bond acceptors (Lipinski definition) is 3. The van der Waals surface area contributed by atoms with Crippen molar-refractivity contribution >= 4 is 47.4 Å². The maximum Gasteiger partial charge on any atom is 0.254 e. The van der Waals surface area contributed by atoms with Gasteiger partial charge in [-0.25, -0.2) is 0 Å². The van der Waals surface area contributed by atoms with Crippen molar-refractivity contribution in [3.8, 4) is 0 Å². The number of rotatable bonds is 5. The Morgan fingerprint density at radius 1 is 1.26 bits per heavy atom. The van der Waals surface area contributed by atoms with E-state index in [4.69, 9.17) is 23.2 Å². The van der Waals surface area contributed by atoms with Crippen LogP contribution >= 0.6 is 35.6 Å². The van der Waals surface area contributed by atoms with E-state index in [-0.39, 0.29) is 24.2 Å². The minimum atomic E-state index is -0.418. The SMILES string of the molecule is CNCCNC(=O)C1CCCN1C(=O)c1ccc(Cl)c(Cl)c1.Cl. The zero-order chi connectivity index (χ0) is 16.1. The molecule has 1 atom stereocenters. The molecule has 0 bridgehead atoms. The van der Waals surface area contributed by atoms with E-state index in [2.05, 4.69) is 10.6 Å². The number of likely N-dealkylation sites (N-methyl/N-ethyl adjacent to an activating group) is 1. The number of nitrogens with zero attached hydrogens (tertiary/aromatic N) is 1. The van der Waals surface area contributed by atoms with Crippen molar-refractivity contribution in [2.45, 2.75) is 18.9 Å². The summed E-state index contributed by atoms with van der Waals surface area (Å²) in [7, 11) is 1.82. The highest BCUT2D eigenvalue weighted by Crippen LogP contribution is 2.25. The number of halogens is 3. The molecule has 5 nitrogen and oxygen atoms in total. The third-order valence-electron chi connectivity index (χ3n) is 3.66. The first-order chi connectivity index (χ1) is 10.5. The molecule has 0 aromatic heterocycles. The van der Waals surface area contributed by atoms with Crippen LogP contribution in [0.2, 0.25) is 10.0 Å². The van der Waals surface area contributed by atoms with Gasteiger partial charge in [0.1, 0.15) is 6.04 Å². The van der Waals surface area contributed by atoms with Gasteiger partial charge < -0.3 is 15.5 Å². The highest BCUT2D eigenvalue weighted by Gasteiger charge is 2.34. The van der Waals surface area contributed by atoms with E-state index < -0.39 is 6.04 Å². The molecule has 8 heteroatoms. The topological polar surface area (TPSA) is 61.4 Å². The second-order valence-electron chi connectivity index (χ2n) is 5.18. The molecule has 1 aliphatic rings. The van der Waals surface area contributed by atoms with E-state index in [1.807, 2.05) is 7.05 Å². The molecular weight excluding hydrogens is 361 g/mol. The lowest BCUT2D eigenvalue weighted by atomic mass is 10.1. The lowest BCUT2D eigenvalue weighted by Gasteiger charge is -2.24. The molecule has 1 unspecified atom stereocenters. The molecule has 1 heterocycles. The zero-order valence-electron chi connectivity index (χ0n) is 12.8. The second-order valence-corrected chi connectivity index (χ2v) is 5.99. The molecule has 0 radical (unpaired) electrons. The number of hydrogen-bond donors (Lipinski definition) is 2. The minimum absolute atomic E-state index is 0. The highest BCUT2D eigenvalue weighted by atomic mass is 35.5. The Hall–Kier alpha value is -1.01. The van der Waals surface area contributed by atoms with Crippen LogP contribution < -0.4 is 10.6 Å². The van der Waals surface area contributed by atoms with Gasteiger partial charge in [-0.05, 0) is 38.1 Å². The molecule has 1 aliphatic heterocycles. The molecule has 2 amide bonds. The summed E-state index contributed by atoms with van der Waals surface area (Å²) in [5.41, 5.74) is 0.448. The van der Waals surface area contributed by atoms with Gasteiger partial charge in [0.15, 0.2) is 0 Å². The largest absolute Gasteiger partial charge is 0.353 e. The first kappa shape index (κ1) is 20.0. The fraction of sp³-hybridized carbons (Fsp3) is 0.467. The van der Waals surface area contributed by atoms with E-state index in [0.29, 0.717) is 41.7 Å². The van der Waals surface area contributed by atoms with Crippen LogP contribution in [0.4, 0.5) is 0 Å². The molecule has 2 N–H and O–H groups in total. The first-order valence-corrected chi connectivity index (χ1v) is 7.98. The number of likely N-dealkylation sites (tertiary alicyclic amines) is 1. The number of benzene rings is 1. The highest BCUT2D eigenvalue weighted by molar-refractivity contribution is 6.42. The molecule has 0 aliphatic carbocycles. The van der Waals surface area contributed by atoms with Crippen molar-refractivity contribution in [2.24, 2.45) is 0 Å². The molecule has 23 heavy (non-hydrogen) atoms. The van der Waals surface area contributed by atoms with Crippen LogP contribution in [-0.4, -0.2) is 49.4 Å². The summed E-state index contributed by atoms with van der Waals surface area (Å²) < 4.78 is 0. The monoisotopic (exact) mass is 379 g/mol. The summed E-state index contributed by atoms with van der Waals surface area (Å²) in [5, 5.41) is 6.54. The van der Waals surface area contributed by atoms with E-state index in [1.165, 1.54) is 0 Å². The van der Waals surface area contributed by atoms with Crippen LogP contribution in [0.3, 0.4) is 0 Å². The quantitative estimate of drug-likeness (QED) is 0.771. The van der Waals surface area contributed by atoms with Crippen LogP contribution in [0.1, 0.15) is 23.2 Å². The number of carbonyl (C=O) groups is 2. The summed E-state index contributed by atoms with van der Waals surface area (Å²) in [6.45, 7) is 1.81. The van der Waals surface area contributed by atoms with Crippen molar-refractivity contribution < 1.29 is 9.59 Å². The predicted octanol–water partition coefficient (Wildman–Crippen LogP) is 2.36. The molecule has 0 saturated carbocycles. The summed E-state index contributed by atoms with van der Waals surface area (Å²) in [6, 6.07) is 4.35. The molecule has 1 aromatic carbocycles. The number of carbonyl (C=O) groups excluding carboxylic acids is 2. The molecular formula is C15H20Cl3N3O2. The van der Waals surface area contributed by atoms with Crippen molar-refractivity contribution in [3.63, 3.8) is 0 Å². The summed E-state index contributed by atoms with van der Waals surface area (Å²) in [4.78, 5) is 26.4. The van der Waals surface area contributed by atoms with Gasteiger partial charge >= 0.3 is 0 Å². The Balaban J connectivity index is 0.00000264. The standard InChI is InChI=1S/C15H19Cl2N3O2.ClH/c1-18-6-7-19-14(21)13-3-2-8-20(13)15(22)10-4-5-11(16)12(17)9-10;/h4-5,9,13,18H,2-3,6-8H2,1H3,(H,19,21);1H. The van der Waals surface area contributed by atoms with Gasteiger partial charge in [-0.2, -0.15) is 0 Å². The average Bonchev–Trinajstić information content (AvgIpc) is 2.99. The molecule has 1 aromatic rings.